The van der Waals surface area contributed by atoms with Crippen LogP contribution in [-0.4, -0.2) is 69.0 Å². The van der Waals surface area contributed by atoms with Gasteiger partial charge in [0.15, 0.2) is 6.10 Å². The summed E-state index contributed by atoms with van der Waals surface area (Å²) in [4.78, 5) is 22.8. The highest BCUT2D eigenvalue weighted by molar-refractivity contribution is 7.47. The molecule has 2 atom stereocenters. The first-order chi connectivity index (χ1) is 26.1. The molecule has 0 radical (unpaired) electrons. The van der Waals surface area contributed by atoms with Gasteiger partial charge in [-0.1, -0.05) is 167 Å². The van der Waals surface area contributed by atoms with Crippen LogP contribution in [0.15, 0.2) is 24.5 Å². The van der Waals surface area contributed by atoms with Crippen LogP contribution in [0.25, 0.3) is 0 Å². The number of phosphoric ester groups is 1. The summed E-state index contributed by atoms with van der Waals surface area (Å²) in [6, 6.07) is 0. The van der Waals surface area contributed by atoms with Crippen LogP contribution in [0.1, 0.15) is 206 Å². The number of esters is 1. The Bertz CT molecular complexity index is 920. The van der Waals surface area contributed by atoms with Gasteiger partial charge in [-0.15, -0.1) is 0 Å². The number of phosphoric acid groups is 1. The minimum Gasteiger partial charge on any atom is -0.498 e. The number of allylic oxidation sites excluding steroid dienone is 3. The lowest BCUT2D eigenvalue weighted by Gasteiger charge is -2.24. The van der Waals surface area contributed by atoms with Gasteiger partial charge in [0.25, 0.3) is 0 Å². The second-order valence-electron chi connectivity index (χ2n) is 16.5. The number of hydrogen-bond donors (Lipinski definition) is 1. The SMILES string of the molecule is CCCCCCC/C=C\CCCCCCCC(=O)O[C@H](CO/C=C\CCCCCCCCCCCCCCCCCC)COP(=O)(O)OCC[N+](C)(C)C. The predicted molar refractivity (Wildman–Crippen MR) is 229 cm³/mol. The highest BCUT2D eigenvalue weighted by atomic mass is 31.2. The quantitative estimate of drug-likeness (QED) is 0.0164. The lowest BCUT2D eigenvalue weighted by molar-refractivity contribution is -0.870. The van der Waals surface area contributed by atoms with Crippen molar-refractivity contribution in [2.75, 3.05) is 47.5 Å². The number of rotatable bonds is 42. The Hall–Kier alpha value is -1.18. The van der Waals surface area contributed by atoms with Crippen molar-refractivity contribution in [2.45, 2.75) is 213 Å². The number of nitrogens with zero attached hydrogens (tertiary/aromatic N) is 1. The average Bonchev–Trinajstić information content (AvgIpc) is 3.12. The normalized spacial score (nSPS) is 13.9. The number of hydrogen-bond acceptors (Lipinski definition) is 6. The number of unbranched alkanes of at least 4 members (excludes halogenated alkanes) is 26. The smallest absolute Gasteiger partial charge is 0.472 e. The van der Waals surface area contributed by atoms with Gasteiger partial charge in [0.05, 0.1) is 34.0 Å². The topological polar surface area (TPSA) is 91.3 Å². The Kier molecular flexibility index (Phi) is 37.8. The van der Waals surface area contributed by atoms with Gasteiger partial charge in [0, 0.05) is 6.42 Å². The fourth-order valence-electron chi connectivity index (χ4n) is 6.28. The summed E-state index contributed by atoms with van der Waals surface area (Å²) in [5.41, 5.74) is 0. The minimum atomic E-state index is -4.29. The molecule has 9 heteroatoms. The Morgan fingerprint density at radius 3 is 1.43 bits per heavy atom. The molecule has 0 aromatic carbocycles. The highest BCUT2D eigenvalue weighted by Gasteiger charge is 2.26. The first kappa shape index (κ1) is 52.8. The Morgan fingerprint density at radius 2 is 0.981 bits per heavy atom. The van der Waals surface area contributed by atoms with Crippen LogP contribution in [0.4, 0.5) is 0 Å². The van der Waals surface area contributed by atoms with E-state index in [1.165, 1.54) is 141 Å². The Morgan fingerprint density at radius 1 is 0.574 bits per heavy atom. The Balaban J connectivity index is 4.25. The monoisotopic (exact) mass is 787 g/mol. The number of ether oxygens (including phenoxy) is 2. The second kappa shape index (κ2) is 38.7. The van der Waals surface area contributed by atoms with Crippen molar-refractivity contribution in [3.05, 3.63) is 24.5 Å². The van der Waals surface area contributed by atoms with Crippen LogP contribution < -0.4 is 0 Å². The summed E-state index contributed by atoms with van der Waals surface area (Å²) in [5, 5.41) is 0. The molecule has 0 fully saturated rings. The van der Waals surface area contributed by atoms with Crippen LogP contribution in [0.3, 0.4) is 0 Å². The molecule has 0 spiro atoms. The number of carbonyl (C=O) groups is 1. The molecule has 8 nitrogen and oxygen atoms in total. The molecular weight excluding hydrogens is 697 g/mol. The maximum absolute atomic E-state index is 12.7. The van der Waals surface area contributed by atoms with Crippen LogP contribution >= 0.6 is 7.82 Å². The molecule has 0 heterocycles. The van der Waals surface area contributed by atoms with Crippen molar-refractivity contribution in [1.82, 2.24) is 0 Å². The maximum atomic E-state index is 12.7. The number of carbonyl (C=O) groups excluding carboxylic acids is 1. The van der Waals surface area contributed by atoms with E-state index < -0.39 is 13.9 Å². The highest BCUT2D eigenvalue weighted by Crippen LogP contribution is 2.43. The van der Waals surface area contributed by atoms with Crippen molar-refractivity contribution in [1.29, 1.82) is 0 Å². The molecule has 320 valence electrons. The molecule has 0 bridgehead atoms. The molecule has 0 saturated carbocycles. The van der Waals surface area contributed by atoms with Gasteiger partial charge in [-0.25, -0.2) is 4.57 Å². The number of likely N-dealkylation sites (N-methyl/N-ethyl adjacent to an activating group) is 1. The van der Waals surface area contributed by atoms with Crippen LogP contribution in [0.2, 0.25) is 0 Å². The molecule has 0 aliphatic heterocycles. The van der Waals surface area contributed by atoms with E-state index in [4.69, 9.17) is 18.5 Å². The number of quaternary nitrogens is 1. The van der Waals surface area contributed by atoms with E-state index in [1.807, 2.05) is 27.2 Å². The van der Waals surface area contributed by atoms with Crippen molar-refractivity contribution in [3.63, 3.8) is 0 Å². The zero-order chi connectivity index (χ0) is 39.9. The van der Waals surface area contributed by atoms with Gasteiger partial charge in [0.2, 0.25) is 0 Å². The van der Waals surface area contributed by atoms with Gasteiger partial charge in [-0.05, 0) is 51.0 Å². The third-order valence-electron chi connectivity index (χ3n) is 9.83. The molecule has 0 aliphatic carbocycles. The van der Waals surface area contributed by atoms with E-state index >= 15 is 0 Å². The summed E-state index contributed by atoms with van der Waals surface area (Å²) >= 11 is 0. The van der Waals surface area contributed by atoms with Crippen LogP contribution in [0.5, 0.6) is 0 Å². The van der Waals surface area contributed by atoms with Crippen LogP contribution in [-0.2, 0) is 27.9 Å². The molecule has 0 aromatic rings. The zero-order valence-corrected chi connectivity index (χ0v) is 37.1. The molecule has 1 N–H and O–H groups in total. The molecule has 0 rings (SSSR count). The van der Waals surface area contributed by atoms with Crippen molar-refractivity contribution < 1.29 is 37.3 Å². The molecule has 0 saturated heterocycles. The first-order valence-electron chi connectivity index (χ1n) is 22.6. The van der Waals surface area contributed by atoms with E-state index in [0.717, 1.165) is 44.9 Å². The third-order valence-corrected chi connectivity index (χ3v) is 10.8. The van der Waals surface area contributed by atoms with E-state index in [0.29, 0.717) is 17.4 Å². The Labute approximate surface area is 334 Å². The first-order valence-corrected chi connectivity index (χ1v) is 24.1. The minimum absolute atomic E-state index is 0.0480. The lowest BCUT2D eigenvalue weighted by Crippen LogP contribution is -2.37. The summed E-state index contributed by atoms with van der Waals surface area (Å²) in [6.07, 6.45) is 44.5. The third kappa shape index (κ3) is 42.0. The lowest BCUT2D eigenvalue weighted by atomic mass is 10.0. The molecular formula is C45H89NO7P+. The zero-order valence-electron chi connectivity index (χ0n) is 36.2. The fourth-order valence-corrected chi connectivity index (χ4v) is 7.02. The van der Waals surface area contributed by atoms with E-state index in [9.17, 15) is 14.3 Å². The molecule has 1 unspecified atom stereocenters. The molecule has 0 aromatic heterocycles. The largest absolute Gasteiger partial charge is 0.498 e. The van der Waals surface area contributed by atoms with Crippen molar-refractivity contribution >= 4 is 13.8 Å². The van der Waals surface area contributed by atoms with Crippen LogP contribution in [0, 0.1) is 0 Å². The average molecular weight is 787 g/mol. The molecule has 0 aliphatic rings. The second-order valence-corrected chi connectivity index (χ2v) is 18.0. The predicted octanol–water partition coefficient (Wildman–Crippen LogP) is 13.6. The summed E-state index contributed by atoms with van der Waals surface area (Å²) in [5.74, 6) is -0.343. The van der Waals surface area contributed by atoms with Crippen molar-refractivity contribution in [2.24, 2.45) is 0 Å². The van der Waals surface area contributed by atoms with Gasteiger partial charge in [-0.2, -0.15) is 0 Å². The summed E-state index contributed by atoms with van der Waals surface area (Å²) in [6.45, 7) is 4.93. The van der Waals surface area contributed by atoms with E-state index in [2.05, 4.69) is 26.0 Å². The molecule has 0 amide bonds. The summed E-state index contributed by atoms with van der Waals surface area (Å²) < 4.78 is 34.7. The fraction of sp³-hybridized carbons (Fsp3) is 0.889. The summed E-state index contributed by atoms with van der Waals surface area (Å²) in [7, 11) is 1.64. The van der Waals surface area contributed by atoms with E-state index in [-0.39, 0.29) is 25.8 Å². The standard InChI is InChI=1S/C45H88NO7P/c1-6-8-10-12-14-16-18-20-22-23-24-25-27-29-31-33-35-37-40-50-42-44(43-52-54(48,49)51-41-39-46(3,4)5)53-45(47)38-36-34-32-30-28-26-21-19-17-15-13-11-9-7-2/h19,21,37,40,44H,6-18,20,22-36,38-39,41-43H2,1-5H3/p+1/b21-19-,40-37-/t44-/m1/s1. The van der Waals surface area contributed by atoms with Crippen molar-refractivity contribution in [3.8, 4) is 0 Å². The maximum Gasteiger partial charge on any atom is 0.472 e. The van der Waals surface area contributed by atoms with Gasteiger partial charge in [-0.3, -0.25) is 13.8 Å². The van der Waals surface area contributed by atoms with Gasteiger partial charge >= 0.3 is 13.8 Å². The molecule has 54 heavy (non-hydrogen) atoms. The van der Waals surface area contributed by atoms with E-state index in [1.54, 1.807) is 6.26 Å². The van der Waals surface area contributed by atoms with Gasteiger partial charge < -0.3 is 18.9 Å². The van der Waals surface area contributed by atoms with Gasteiger partial charge in [0.1, 0.15) is 19.8 Å².